The van der Waals surface area contributed by atoms with Crippen LogP contribution >= 0.6 is 0 Å². The van der Waals surface area contributed by atoms with Gasteiger partial charge in [-0.3, -0.25) is 4.79 Å². The van der Waals surface area contributed by atoms with Crippen molar-refractivity contribution >= 4 is 17.6 Å². The van der Waals surface area contributed by atoms with Gasteiger partial charge in [0.1, 0.15) is 6.61 Å². The van der Waals surface area contributed by atoms with Gasteiger partial charge in [0.15, 0.2) is 17.3 Å². The first-order chi connectivity index (χ1) is 13.0. The highest BCUT2D eigenvalue weighted by Gasteiger charge is 2.21. The molecule has 0 atom stereocenters. The van der Waals surface area contributed by atoms with Crippen molar-refractivity contribution in [1.29, 1.82) is 0 Å². The summed E-state index contributed by atoms with van der Waals surface area (Å²) in [4.78, 5) is 24.8. The maximum absolute atomic E-state index is 12.5. The quantitative estimate of drug-likeness (QED) is 0.530. The van der Waals surface area contributed by atoms with Crippen LogP contribution in [0, 0.1) is 0 Å². The summed E-state index contributed by atoms with van der Waals surface area (Å²) >= 11 is 0. The highest BCUT2D eigenvalue weighted by molar-refractivity contribution is 6.07. The van der Waals surface area contributed by atoms with E-state index in [0.29, 0.717) is 11.5 Å². The molecule has 2 aromatic rings. The van der Waals surface area contributed by atoms with Crippen LogP contribution in [-0.4, -0.2) is 45.4 Å². The molecule has 1 amide bonds. The molecule has 1 heterocycles. The smallest absolute Gasteiger partial charge is 0.340 e. The van der Waals surface area contributed by atoms with E-state index in [2.05, 4.69) is 5.32 Å². The van der Waals surface area contributed by atoms with Crippen molar-refractivity contribution in [2.75, 3.05) is 32.8 Å². The Morgan fingerprint density at radius 2 is 1.81 bits per heavy atom. The number of nitrogens with one attached hydrogen (secondary N) is 1. The molecule has 8 nitrogen and oxygen atoms in total. The van der Waals surface area contributed by atoms with Gasteiger partial charge < -0.3 is 28.7 Å². The molecule has 2 rings (SSSR count). The molecule has 1 aromatic carbocycles. The first-order valence-corrected chi connectivity index (χ1v) is 8.35. The minimum Gasteiger partial charge on any atom is -0.493 e. The van der Waals surface area contributed by atoms with Gasteiger partial charge >= 0.3 is 5.97 Å². The Morgan fingerprint density at radius 1 is 1.11 bits per heavy atom. The molecule has 0 aliphatic carbocycles. The van der Waals surface area contributed by atoms with Crippen LogP contribution in [0.5, 0.6) is 11.5 Å². The highest BCUT2D eigenvalue weighted by Crippen LogP contribution is 2.34. The average Bonchev–Trinajstić information content (AvgIpc) is 3.19. The van der Waals surface area contributed by atoms with E-state index in [1.807, 2.05) is 13.8 Å². The van der Waals surface area contributed by atoms with E-state index in [1.165, 1.54) is 38.7 Å². The van der Waals surface area contributed by atoms with E-state index < -0.39 is 11.9 Å². The summed E-state index contributed by atoms with van der Waals surface area (Å²) in [7, 11) is 2.90. The molecule has 0 fully saturated rings. The second-order valence-electron chi connectivity index (χ2n) is 5.74. The van der Waals surface area contributed by atoms with Crippen molar-refractivity contribution < 1.29 is 33.0 Å². The maximum Gasteiger partial charge on any atom is 0.340 e. The molecule has 0 saturated heterocycles. The van der Waals surface area contributed by atoms with Gasteiger partial charge in [0.05, 0.1) is 44.4 Å². The largest absolute Gasteiger partial charge is 0.493 e. The van der Waals surface area contributed by atoms with Gasteiger partial charge in [-0.25, -0.2) is 4.79 Å². The van der Waals surface area contributed by atoms with E-state index >= 15 is 0 Å². The van der Waals surface area contributed by atoms with Crippen LogP contribution in [-0.2, 0) is 9.47 Å². The van der Waals surface area contributed by atoms with Crippen molar-refractivity contribution in [3.8, 4) is 11.5 Å². The summed E-state index contributed by atoms with van der Waals surface area (Å²) in [5.74, 6) is -0.345. The third kappa shape index (κ3) is 5.49. The van der Waals surface area contributed by atoms with Gasteiger partial charge in [-0.15, -0.1) is 0 Å². The van der Waals surface area contributed by atoms with E-state index in [1.54, 1.807) is 6.07 Å². The first-order valence-electron chi connectivity index (χ1n) is 8.35. The monoisotopic (exact) mass is 377 g/mol. The van der Waals surface area contributed by atoms with Crippen molar-refractivity contribution in [2.24, 2.45) is 0 Å². The fraction of sp³-hybridized carbons (Fsp3) is 0.368. The van der Waals surface area contributed by atoms with Crippen molar-refractivity contribution in [2.45, 2.75) is 20.0 Å². The molecule has 0 saturated carbocycles. The number of hydrogen-bond acceptors (Lipinski definition) is 7. The molecule has 0 radical (unpaired) electrons. The molecule has 1 N–H and O–H groups in total. The number of furan rings is 1. The summed E-state index contributed by atoms with van der Waals surface area (Å²) in [6.45, 7) is 4.12. The van der Waals surface area contributed by atoms with Gasteiger partial charge in [-0.2, -0.15) is 0 Å². The summed E-state index contributed by atoms with van der Waals surface area (Å²) in [5.41, 5.74) is 0.334. The number of esters is 1. The number of amides is 1. The topological polar surface area (TPSA) is 96.2 Å². The predicted octanol–water partition coefficient (Wildman–Crippen LogP) is 3.13. The molecule has 1 aromatic heterocycles. The van der Waals surface area contributed by atoms with Crippen LogP contribution in [0.2, 0.25) is 0 Å². The number of ether oxygens (including phenoxy) is 4. The van der Waals surface area contributed by atoms with Crippen LogP contribution in [0.15, 0.2) is 34.9 Å². The summed E-state index contributed by atoms with van der Waals surface area (Å²) in [6, 6.07) is 6.04. The molecule has 0 bridgehead atoms. The predicted molar refractivity (Wildman–Crippen MR) is 97.6 cm³/mol. The van der Waals surface area contributed by atoms with E-state index in [0.717, 1.165) is 0 Å². The molecule has 0 spiro atoms. The van der Waals surface area contributed by atoms with Crippen LogP contribution in [0.1, 0.15) is 34.8 Å². The van der Waals surface area contributed by atoms with E-state index in [9.17, 15) is 9.59 Å². The van der Waals surface area contributed by atoms with Gasteiger partial charge in [0.25, 0.3) is 5.91 Å². The fourth-order valence-electron chi connectivity index (χ4n) is 2.24. The summed E-state index contributed by atoms with van der Waals surface area (Å²) < 4.78 is 26.1. The zero-order valence-corrected chi connectivity index (χ0v) is 15.7. The Hall–Kier alpha value is -3.00. The van der Waals surface area contributed by atoms with Crippen LogP contribution in [0.3, 0.4) is 0 Å². The fourth-order valence-corrected chi connectivity index (χ4v) is 2.24. The minimum atomic E-state index is -0.627. The zero-order valence-electron chi connectivity index (χ0n) is 15.7. The second kappa shape index (κ2) is 9.63. The Morgan fingerprint density at radius 3 is 2.41 bits per heavy atom. The van der Waals surface area contributed by atoms with Crippen molar-refractivity contribution in [1.82, 2.24) is 0 Å². The third-order valence-electron chi connectivity index (χ3n) is 3.50. The number of hydrogen-bond donors (Lipinski definition) is 1. The lowest BCUT2D eigenvalue weighted by molar-refractivity contribution is 0.0177. The lowest BCUT2D eigenvalue weighted by Crippen LogP contribution is -2.18. The number of methoxy groups -OCH3 is 2. The molecule has 27 heavy (non-hydrogen) atoms. The molecular weight excluding hydrogens is 354 g/mol. The van der Waals surface area contributed by atoms with Crippen molar-refractivity contribution in [3.63, 3.8) is 0 Å². The Kier molecular flexibility index (Phi) is 7.25. The Bertz CT molecular complexity index is 769. The SMILES string of the molecule is COc1cc(NC(=O)c2ccco2)c(C(=O)OCCOC(C)C)cc1OC. The molecular formula is C19H23NO7. The van der Waals surface area contributed by atoms with Crippen LogP contribution < -0.4 is 14.8 Å². The number of anilines is 1. The number of benzene rings is 1. The molecule has 0 unspecified atom stereocenters. The van der Waals surface area contributed by atoms with Crippen molar-refractivity contribution in [3.05, 3.63) is 41.9 Å². The Balaban J connectivity index is 2.24. The average molecular weight is 377 g/mol. The molecule has 8 heteroatoms. The molecule has 0 aliphatic heterocycles. The van der Waals surface area contributed by atoms with E-state index in [4.69, 9.17) is 23.4 Å². The summed E-state index contributed by atoms with van der Waals surface area (Å²) in [5, 5.41) is 2.63. The van der Waals surface area contributed by atoms with Gasteiger partial charge in [-0.05, 0) is 26.0 Å². The van der Waals surface area contributed by atoms with Gasteiger partial charge in [-0.1, -0.05) is 0 Å². The second-order valence-corrected chi connectivity index (χ2v) is 5.74. The molecule has 146 valence electrons. The third-order valence-corrected chi connectivity index (χ3v) is 3.50. The normalized spacial score (nSPS) is 10.6. The van der Waals surface area contributed by atoms with Gasteiger partial charge in [0.2, 0.25) is 0 Å². The Labute approximate surface area is 157 Å². The minimum absolute atomic E-state index is 0.0351. The lowest BCUT2D eigenvalue weighted by atomic mass is 10.1. The maximum atomic E-state index is 12.5. The van der Waals surface area contributed by atoms with E-state index in [-0.39, 0.29) is 36.3 Å². The van der Waals surface area contributed by atoms with Crippen LogP contribution in [0.4, 0.5) is 5.69 Å². The number of carbonyl (C=O) groups is 2. The van der Waals surface area contributed by atoms with Crippen LogP contribution in [0.25, 0.3) is 0 Å². The van der Waals surface area contributed by atoms with Gasteiger partial charge in [0, 0.05) is 12.1 Å². The number of carbonyl (C=O) groups excluding carboxylic acids is 2. The zero-order chi connectivity index (χ0) is 19.8. The standard InChI is InChI=1S/C19H23NO7/c1-12(2)25-8-9-27-19(22)13-10-16(23-3)17(24-4)11-14(13)20-18(21)15-6-5-7-26-15/h5-7,10-12H,8-9H2,1-4H3,(H,20,21). The highest BCUT2D eigenvalue weighted by atomic mass is 16.6. The summed E-state index contributed by atoms with van der Waals surface area (Å²) in [6.07, 6.45) is 1.42. The first kappa shape index (κ1) is 20.3. The lowest BCUT2D eigenvalue weighted by Gasteiger charge is -2.15. The number of rotatable bonds is 9. The molecule has 0 aliphatic rings.